The zero-order valence-electron chi connectivity index (χ0n) is 13.1. The molecule has 0 N–H and O–H groups in total. The smallest absolute Gasteiger partial charge is 0.0541 e. The summed E-state index contributed by atoms with van der Waals surface area (Å²) in [6, 6.07) is 24.1. The average molecular weight is 295 g/mol. The minimum atomic E-state index is 1.07. The maximum Gasteiger partial charge on any atom is 0.0541 e. The van der Waals surface area contributed by atoms with Gasteiger partial charge in [0.1, 0.15) is 0 Å². The zero-order chi connectivity index (χ0) is 15.4. The number of aromatic nitrogens is 1. The van der Waals surface area contributed by atoms with Gasteiger partial charge in [-0.1, -0.05) is 60.2 Å². The maximum atomic E-state index is 2.42. The van der Waals surface area contributed by atoms with Crippen LogP contribution in [0.15, 0.2) is 72.3 Å². The van der Waals surface area contributed by atoms with Crippen molar-refractivity contribution < 1.29 is 0 Å². The molecule has 1 aliphatic carbocycles. The lowest BCUT2D eigenvalue weighted by Crippen LogP contribution is -1.97. The van der Waals surface area contributed by atoms with E-state index in [2.05, 4.69) is 84.3 Å². The molecule has 1 heterocycles. The summed E-state index contributed by atoms with van der Waals surface area (Å²) < 4.78 is 2.42. The van der Waals surface area contributed by atoms with Gasteiger partial charge in [0.2, 0.25) is 0 Å². The van der Waals surface area contributed by atoms with E-state index in [0.717, 1.165) is 6.42 Å². The highest BCUT2D eigenvalue weighted by molar-refractivity contribution is 6.09. The first-order valence-corrected chi connectivity index (χ1v) is 8.10. The molecule has 3 aromatic carbocycles. The molecule has 0 bridgehead atoms. The molecular formula is C22H17N. The van der Waals surface area contributed by atoms with Crippen molar-refractivity contribution in [1.29, 1.82) is 0 Å². The fourth-order valence-corrected chi connectivity index (χ4v) is 3.90. The van der Waals surface area contributed by atoms with Crippen LogP contribution in [0.4, 0.5) is 0 Å². The number of nitrogens with zero attached hydrogens (tertiary/aromatic N) is 1. The SMILES string of the molecule is CC1=Cc2c(cccc2-n2c3ccccc3c3ccccc32)C1. The van der Waals surface area contributed by atoms with Gasteiger partial charge in [0, 0.05) is 16.3 Å². The van der Waals surface area contributed by atoms with Crippen molar-refractivity contribution in [2.75, 3.05) is 0 Å². The Kier molecular flexibility index (Phi) is 2.54. The molecule has 23 heavy (non-hydrogen) atoms. The van der Waals surface area contributed by atoms with Crippen LogP contribution >= 0.6 is 0 Å². The molecule has 0 spiro atoms. The third-order valence-electron chi connectivity index (χ3n) is 4.85. The first-order valence-electron chi connectivity index (χ1n) is 8.10. The van der Waals surface area contributed by atoms with E-state index >= 15 is 0 Å². The molecular weight excluding hydrogens is 278 g/mol. The average Bonchev–Trinajstić information content (AvgIpc) is 3.12. The molecule has 0 saturated carbocycles. The second-order valence-electron chi connectivity index (χ2n) is 6.39. The largest absolute Gasteiger partial charge is 0.309 e. The molecule has 5 rings (SSSR count). The summed E-state index contributed by atoms with van der Waals surface area (Å²) in [7, 11) is 0. The number of fused-ring (bicyclic) bond motifs is 4. The summed E-state index contributed by atoms with van der Waals surface area (Å²) in [4.78, 5) is 0. The molecule has 0 amide bonds. The van der Waals surface area contributed by atoms with Crippen LogP contribution in [0.25, 0.3) is 33.6 Å². The van der Waals surface area contributed by atoms with E-state index in [1.807, 2.05) is 0 Å². The highest BCUT2D eigenvalue weighted by Crippen LogP contribution is 2.36. The minimum Gasteiger partial charge on any atom is -0.309 e. The van der Waals surface area contributed by atoms with Gasteiger partial charge in [0.05, 0.1) is 16.7 Å². The van der Waals surface area contributed by atoms with Crippen molar-refractivity contribution in [1.82, 2.24) is 4.57 Å². The van der Waals surface area contributed by atoms with Crippen LogP contribution in [0.1, 0.15) is 18.1 Å². The summed E-state index contributed by atoms with van der Waals surface area (Å²) in [6.45, 7) is 2.22. The van der Waals surface area contributed by atoms with Gasteiger partial charge in [-0.3, -0.25) is 0 Å². The molecule has 110 valence electrons. The Labute approximate surface area is 135 Å². The summed E-state index contributed by atoms with van der Waals surface area (Å²) in [5, 5.41) is 2.64. The van der Waals surface area contributed by atoms with Gasteiger partial charge >= 0.3 is 0 Å². The van der Waals surface area contributed by atoms with Crippen molar-refractivity contribution in [2.45, 2.75) is 13.3 Å². The fourth-order valence-electron chi connectivity index (χ4n) is 3.90. The van der Waals surface area contributed by atoms with Gasteiger partial charge in [-0.2, -0.15) is 0 Å². The number of hydrogen-bond donors (Lipinski definition) is 0. The number of hydrogen-bond acceptors (Lipinski definition) is 0. The lowest BCUT2D eigenvalue weighted by Gasteiger charge is -2.12. The number of para-hydroxylation sites is 2. The Morgan fingerprint density at radius 2 is 1.39 bits per heavy atom. The van der Waals surface area contributed by atoms with Crippen molar-refractivity contribution in [3.05, 3.63) is 83.4 Å². The standard InChI is InChI=1S/C22H17N/c1-15-13-16-7-6-12-22(19(16)14-15)23-20-10-4-2-8-17(20)18-9-3-5-11-21(18)23/h2-12,14H,13H2,1H3. The molecule has 1 aromatic heterocycles. The normalized spacial score (nSPS) is 13.5. The zero-order valence-corrected chi connectivity index (χ0v) is 13.1. The van der Waals surface area contributed by atoms with Crippen molar-refractivity contribution in [3.8, 4) is 5.69 Å². The van der Waals surface area contributed by atoms with Gasteiger partial charge in [-0.25, -0.2) is 0 Å². The molecule has 0 saturated heterocycles. The van der Waals surface area contributed by atoms with Gasteiger partial charge in [0.15, 0.2) is 0 Å². The third-order valence-corrected chi connectivity index (χ3v) is 4.85. The topological polar surface area (TPSA) is 4.93 Å². The van der Waals surface area contributed by atoms with Crippen LogP contribution in [-0.4, -0.2) is 4.57 Å². The highest BCUT2D eigenvalue weighted by atomic mass is 15.0. The summed E-state index contributed by atoms with van der Waals surface area (Å²) in [5.74, 6) is 0. The van der Waals surface area contributed by atoms with Crippen LogP contribution in [0.5, 0.6) is 0 Å². The first kappa shape index (κ1) is 12.7. The monoisotopic (exact) mass is 295 g/mol. The van der Waals surface area contributed by atoms with Gasteiger partial charge in [-0.15, -0.1) is 0 Å². The lowest BCUT2D eigenvalue weighted by molar-refractivity contribution is 1.14. The summed E-state index contributed by atoms with van der Waals surface area (Å²) >= 11 is 0. The van der Waals surface area contributed by atoms with Crippen LogP contribution in [-0.2, 0) is 6.42 Å². The Bertz CT molecular complexity index is 1040. The van der Waals surface area contributed by atoms with Gasteiger partial charge < -0.3 is 4.57 Å². The van der Waals surface area contributed by atoms with Crippen LogP contribution in [0.3, 0.4) is 0 Å². The molecule has 0 fully saturated rings. The molecule has 0 radical (unpaired) electrons. The number of allylic oxidation sites excluding steroid dienone is 1. The Morgan fingerprint density at radius 3 is 2.09 bits per heavy atom. The van der Waals surface area contributed by atoms with Gasteiger partial charge in [-0.05, 0) is 37.1 Å². The van der Waals surface area contributed by atoms with E-state index < -0.39 is 0 Å². The van der Waals surface area contributed by atoms with E-state index in [-0.39, 0.29) is 0 Å². The molecule has 0 atom stereocenters. The fraction of sp³-hybridized carbons (Fsp3) is 0.0909. The summed E-state index contributed by atoms with van der Waals surface area (Å²) in [5.41, 5.74) is 8.09. The maximum absolute atomic E-state index is 2.42. The Balaban J connectivity index is 1.97. The van der Waals surface area contributed by atoms with Gasteiger partial charge in [0.25, 0.3) is 0 Å². The van der Waals surface area contributed by atoms with E-state index in [4.69, 9.17) is 0 Å². The van der Waals surface area contributed by atoms with Crippen molar-refractivity contribution in [2.24, 2.45) is 0 Å². The van der Waals surface area contributed by atoms with Crippen molar-refractivity contribution >= 4 is 27.9 Å². The number of rotatable bonds is 1. The van der Waals surface area contributed by atoms with Crippen LogP contribution in [0, 0.1) is 0 Å². The minimum absolute atomic E-state index is 1.07. The second-order valence-corrected chi connectivity index (χ2v) is 6.39. The molecule has 1 heteroatoms. The molecule has 1 nitrogen and oxygen atoms in total. The molecule has 0 unspecified atom stereocenters. The molecule has 4 aromatic rings. The third kappa shape index (κ3) is 1.74. The predicted molar refractivity (Wildman–Crippen MR) is 98.1 cm³/mol. The highest BCUT2D eigenvalue weighted by Gasteiger charge is 2.17. The Hall–Kier alpha value is -2.80. The van der Waals surface area contributed by atoms with Crippen LogP contribution in [0.2, 0.25) is 0 Å². The van der Waals surface area contributed by atoms with E-state index in [9.17, 15) is 0 Å². The quantitative estimate of drug-likeness (QED) is 0.422. The predicted octanol–water partition coefficient (Wildman–Crippen LogP) is 5.74. The van der Waals surface area contributed by atoms with Crippen molar-refractivity contribution in [3.63, 3.8) is 0 Å². The Morgan fingerprint density at radius 1 is 0.739 bits per heavy atom. The molecule has 1 aliphatic rings. The number of benzene rings is 3. The first-order chi connectivity index (χ1) is 11.3. The van der Waals surface area contributed by atoms with Crippen LogP contribution < -0.4 is 0 Å². The van der Waals surface area contributed by atoms with E-state index in [1.54, 1.807) is 0 Å². The summed E-state index contributed by atoms with van der Waals surface area (Å²) in [6.07, 6.45) is 3.41. The van der Waals surface area contributed by atoms with E-state index in [1.165, 1.54) is 44.2 Å². The van der Waals surface area contributed by atoms with E-state index in [0.29, 0.717) is 0 Å². The lowest BCUT2D eigenvalue weighted by atomic mass is 10.1. The molecule has 0 aliphatic heterocycles. The second kappa shape index (κ2) is 4.60.